The number of rotatable bonds is 3. The third kappa shape index (κ3) is 2.46. The van der Waals surface area contributed by atoms with Crippen molar-refractivity contribution >= 4 is 0 Å². The van der Waals surface area contributed by atoms with Crippen molar-refractivity contribution in [2.24, 2.45) is 0 Å². The predicted octanol–water partition coefficient (Wildman–Crippen LogP) is 3.06. The summed E-state index contributed by atoms with van der Waals surface area (Å²) in [4.78, 5) is 2.58. The van der Waals surface area contributed by atoms with Crippen LogP contribution >= 0.6 is 0 Å². The average molecular weight is 286 g/mol. The topological polar surface area (TPSA) is 34.0 Å². The third-order valence-electron chi connectivity index (χ3n) is 4.83. The van der Waals surface area contributed by atoms with Crippen LogP contribution in [0.2, 0.25) is 0 Å². The maximum absolute atomic E-state index is 13.0. The number of hydrogen-bond donors (Lipinski definition) is 0. The Balaban J connectivity index is 1.51. The second-order valence-electron chi connectivity index (χ2n) is 6.12. The van der Waals surface area contributed by atoms with Gasteiger partial charge < -0.3 is 0 Å². The van der Waals surface area contributed by atoms with Crippen LogP contribution in [-0.4, -0.2) is 32.0 Å². The maximum Gasteiger partial charge on any atom is 0.123 e. The first-order valence-electron chi connectivity index (χ1n) is 7.71. The molecule has 2 saturated heterocycles. The summed E-state index contributed by atoms with van der Waals surface area (Å²) in [7, 11) is 0. The number of benzene rings is 1. The first kappa shape index (κ1) is 13.0. The summed E-state index contributed by atoms with van der Waals surface area (Å²) >= 11 is 0. The smallest absolute Gasteiger partial charge is 0.123 e. The minimum atomic E-state index is -0.226. The minimum absolute atomic E-state index is 0.226. The molecule has 0 saturated carbocycles. The molecule has 0 amide bonds. The minimum Gasteiger partial charge on any atom is -0.278 e. The van der Waals surface area contributed by atoms with Gasteiger partial charge in [0, 0.05) is 17.6 Å². The Hall–Kier alpha value is -1.75. The van der Waals surface area contributed by atoms with Gasteiger partial charge in [-0.15, -0.1) is 5.10 Å². The molecule has 2 atom stereocenters. The van der Waals surface area contributed by atoms with E-state index in [1.165, 1.54) is 44.2 Å². The molecule has 0 spiro atoms. The summed E-state index contributed by atoms with van der Waals surface area (Å²) in [5.74, 6) is -0.226. The van der Waals surface area contributed by atoms with Crippen LogP contribution in [0.5, 0.6) is 0 Å². The van der Waals surface area contributed by atoms with Gasteiger partial charge in [0.2, 0.25) is 0 Å². The van der Waals surface area contributed by atoms with Crippen molar-refractivity contribution in [3.8, 4) is 11.3 Å². The number of nitrogens with zero attached hydrogens (tertiary/aromatic N) is 4. The lowest BCUT2D eigenvalue weighted by atomic mass is 10.0. The van der Waals surface area contributed by atoms with E-state index in [0.717, 1.165) is 30.0 Å². The van der Waals surface area contributed by atoms with Crippen LogP contribution in [0.15, 0.2) is 30.5 Å². The van der Waals surface area contributed by atoms with Crippen LogP contribution in [0.1, 0.15) is 32.1 Å². The highest BCUT2D eigenvalue weighted by molar-refractivity contribution is 5.57. The molecule has 0 unspecified atom stereocenters. The Bertz CT molecular complexity index is 605. The van der Waals surface area contributed by atoms with E-state index in [9.17, 15) is 4.39 Å². The van der Waals surface area contributed by atoms with Crippen molar-refractivity contribution in [3.63, 3.8) is 0 Å². The average Bonchev–Trinajstić information content (AvgIpc) is 3.03. The van der Waals surface area contributed by atoms with Crippen LogP contribution in [-0.2, 0) is 6.67 Å². The van der Waals surface area contributed by atoms with Crippen LogP contribution in [0.25, 0.3) is 11.3 Å². The molecule has 1 aromatic heterocycles. The lowest BCUT2D eigenvalue weighted by molar-refractivity contribution is 0.0956. The van der Waals surface area contributed by atoms with E-state index in [1.807, 2.05) is 10.9 Å². The summed E-state index contributed by atoms with van der Waals surface area (Å²) < 4.78 is 14.9. The fourth-order valence-electron chi connectivity index (χ4n) is 3.74. The van der Waals surface area contributed by atoms with Crippen molar-refractivity contribution in [1.29, 1.82) is 0 Å². The van der Waals surface area contributed by atoms with Crippen molar-refractivity contribution in [2.45, 2.75) is 50.9 Å². The Kier molecular flexibility index (Phi) is 3.22. The molecule has 21 heavy (non-hydrogen) atoms. The number of fused-ring (bicyclic) bond motifs is 2. The first-order valence-corrected chi connectivity index (χ1v) is 7.71. The predicted molar refractivity (Wildman–Crippen MR) is 77.9 cm³/mol. The molecule has 2 aromatic rings. The molecular weight excluding hydrogens is 267 g/mol. The summed E-state index contributed by atoms with van der Waals surface area (Å²) in [6.45, 7) is 0.823. The highest BCUT2D eigenvalue weighted by Crippen LogP contribution is 2.35. The normalized spacial score (nSPS) is 25.4. The van der Waals surface area contributed by atoms with Gasteiger partial charge in [-0.05, 0) is 49.9 Å². The second kappa shape index (κ2) is 5.22. The van der Waals surface area contributed by atoms with E-state index in [-0.39, 0.29) is 5.82 Å². The van der Waals surface area contributed by atoms with Crippen LogP contribution in [0, 0.1) is 5.82 Å². The summed E-state index contributed by atoms with van der Waals surface area (Å²) in [6, 6.07) is 7.85. The van der Waals surface area contributed by atoms with Crippen LogP contribution < -0.4 is 0 Å². The van der Waals surface area contributed by atoms with Gasteiger partial charge in [-0.1, -0.05) is 11.6 Å². The molecule has 2 aliphatic rings. The van der Waals surface area contributed by atoms with Crippen molar-refractivity contribution in [1.82, 2.24) is 19.9 Å². The SMILES string of the molecule is Fc1ccc(-c2cn(CN3[C@@H]4CCC[C@H]3CC4)nn2)cc1. The van der Waals surface area contributed by atoms with Gasteiger partial charge in [0.05, 0.1) is 12.9 Å². The third-order valence-corrected chi connectivity index (χ3v) is 4.83. The monoisotopic (exact) mass is 286 g/mol. The molecule has 110 valence electrons. The van der Waals surface area contributed by atoms with E-state index in [2.05, 4.69) is 15.2 Å². The lowest BCUT2D eigenvalue weighted by Gasteiger charge is -2.34. The number of piperidine rings is 1. The lowest BCUT2D eigenvalue weighted by Crippen LogP contribution is -2.40. The Morgan fingerprint density at radius 3 is 2.48 bits per heavy atom. The fourth-order valence-corrected chi connectivity index (χ4v) is 3.74. The maximum atomic E-state index is 13.0. The molecule has 0 aliphatic carbocycles. The highest BCUT2D eigenvalue weighted by atomic mass is 19.1. The van der Waals surface area contributed by atoms with E-state index >= 15 is 0 Å². The van der Waals surface area contributed by atoms with Gasteiger partial charge in [-0.25, -0.2) is 9.07 Å². The van der Waals surface area contributed by atoms with Gasteiger partial charge >= 0.3 is 0 Å². The van der Waals surface area contributed by atoms with Gasteiger partial charge in [-0.2, -0.15) is 0 Å². The summed E-state index contributed by atoms with van der Waals surface area (Å²) in [6.07, 6.45) is 8.60. The number of halogens is 1. The van der Waals surface area contributed by atoms with Crippen LogP contribution in [0.4, 0.5) is 4.39 Å². The Morgan fingerprint density at radius 1 is 1.05 bits per heavy atom. The Labute approximate surface area is 123 Å². The molecule has 1 aromatic carbocycles. The molecule has 0 N–H and O–H groups in total. The molecule has 2 aliphatic heterocycles. The quantitative estimate of drug-likeness (QED) is 0.869. The van der Waals surface area contributed by atoms with E-state index < -0.39 is 0 Å². The van der Waals surface area contributed by atoms with Gasteiger partial charge in [0.25, 0.3) is 0 Å². The molecule has 0 radical (unpaired) electrons. The first-order chi connectivity index (χ1) is 10.3. The van der Waals surface area contributed by atoms with Gasteiger partial charge in [0.15, 0.2) is 0 Å². The summed E-state index contributed by atoms with van der Waals surface area (Å²) in [5.41, 5.74) is 1.71. The number of hydrogen-bond acceptors (Lipinski definition) is 3. The van der Waals surface area contributed by atoms with Crippen molar-refractivity contribution in [3.05, 3.63) is 36.3 Å². The standard InChI is InChI=1S/C16H19FN4/c17-13-6-4-12(5-7-13)16-10-20(19-18-16)11-21-14-2-1-3-15(21)9-8-14/h4-7,10,14-15H,1-3,8-9,11H2/t14-,15+. The fraction of sp³-hybridized carbons (Fsp3) is 0.500. The molecule has 2 fully saturated rings. The summed E-state index contributed by atoms with van der Waals surface area (Å²) in [5, 5.41) is 8.45. The van der Waals surface area contributed by atoms with Gasteiger partial charge in [0.1, 0.15) is 11.5 Å². The zero-order valence-corrected chi connectivity index (χ0v) is 12.0. The Morgan fingerprint density at radius 2 is 1.76 bits per heavy atom. The van der Waals surface area contributed by atoms with Crippen molar-refractivity contribution < 1.29 is 4.39 Å². The zero-order chi connectivity index (χ0) is 14.2. The zero-order valence-electron chi connectivity index (χ0n) is 12.0. The van der Waals surface area contributed by atoms with E-state index in [1.54, 1.807) is 12.1 Å². The molecule has 4 rings (SSSR count). The van der Waals surface area contributed by atoms with Crippen molar-refractivity contribution in [2.75, 3.05) is 0 Å². The largest absolute Gasteiger partial charge is 0.278 e. The van der Waals surface area contributed by atoms with E-state index in [0.29, 0.717) is 0 Å². The molecule has 4 nitrogen and oxygen atoms in total. The highest BCUT2D eigenvalue weighted by Gasteiger charge is 2.36. The molecule has 3 heterocycles. The molecule has 5 heteroatoms. The molecular formula is C16H19FN4. The van der Waals surface area contributed by atoms with Crippen LogP contribution in [0.3, 0.4) is 0 Å². The second-order valence-corrected chi connectivity index (χ2v) is 6.12. The molecule has 2 bridgehead atoms. The van der Waals surface area contributed by atoms with E-state index in [4.69, 9.17) is 0 Å². The van der Waals surface area contributed by atoms with Gasteiger partial charge in [-0.3, -0.25) is 4.90 Å². The number of aromatic nitrogens is 3.